The van der Waals surface area contributed by atoms with Gasteiger partial charge in [-0.15, -0.1) is 0 Å². The van der Waals surface area contributed by atoms with Crippen LogP contribution in [0, 0.1) is 6.92 Å². The van der Waals surface area contributed by atoms with Gasteiger partial charge >= 0.3 is 0 Å². The Morgan fingerprint density at radius 3 is 2.56 bits per heavy atom. The second kappa shape index (κ2) is 12.7. The summed E-state index contributed by atoms with van der Waals surface area (Å²) >= 11 is 0. The molecule has 1 aliphatic carbocycles. The van der Waals surface area contributed by atoms with Gasteiger partial charge in [0.2, 0.25) is 11.8 Å². The normalized spacial score (nSPS) is 14.2. The zero-order chi connectivity index (χ0) is 25.3. The number of carbonyl (C=O) groups excluding carboxylic acids is 2. The molecule has 1 N–H and O–H groups in total. The van der Waals surface area contributed by atoms with Crippen molar-refractivity contribution in [3.63, 3.8) is 0 Å². The minimum absolute atomic E-state index is 0.0756. The van der Waals surface area contributed by atoms with Gasteiger partial charge in [0, 0.05) is 26.1 Å². The number of benzene rings is 2. The lowest BCUT2D eigenvalue weighted by Gasteiger charge is -2.31. The summed E-state index contributed by atoms with van der Waals surface area (Å²) in [5, 5.41) is 3.05. The number of aromatic nitrogens is 2. The summed E-state index contributed by atoms with van der Waals surface area (Å²) < 4.78 is 2.11. The number of amides is 2. The number of aryl methyl sites for hydroxylation is 2. The molecule has 0 radical (unpaired) electrons. The second-order valence-electron chi connectivity index (χ2n) is 10.2. The van der Waals surface area contributed by atoms with E-state index >= 15 is 0 Å². The van der Waals surface area contributed by atoms with Crippen LogP contribution >= 0.6 is 0 Å². The molecule has 1 heterocycles. The van der Waals surface area contributed by atoms with Gasteiger partial charge < -0.3 is 14.8 Å². The number of carbonyl (C=O) groups is 2. The van der Waals surface area contributed by atoms with Crippen molar-refractivity contribution >= 4 is 22.8 Å². The number of hydrogen-bond acceptors (Lipinski definition) is 3. The monoisotopic (exact) mass is 488 g/mol. The van der Waals surface area contributed by atoms with Gasteiger partial charge in [-0.25, -0.2) is 4.98 Å². The molecule has 1 fully saturated rings. The summed E-state index contributed by atoms with van der Waals surface area (Å²) in [7, 11) is 1.96. The van der Waals surface area contributed by atoms with Crippen LogP contribution in [-0.4, -0.2) is 45.9 Å². The number of rotatable bonds is 11. The van der Waals surface area contributed by atoms with Crippen molar-refractivity contribution < 1.29 is 9.59 Å². The third kappa shape index (κ3) is 6.74. The minimum atomic E-state index is 0.0756. The lowest BCUT2D eigenvalue weighted by atomic mass is 9.94. The van der Waals surface area contributed by atoms with Gasteiger partial charge in [-0.3, -0.25) is 9.59 Å². The maximum Gasteiger partial charge on any atom is 0.242 e. The molecule has 1 saturated carbocycles. The first kappa shape index (κ1) is 25.9. The number of para-hydroxylation sites is 2. The molecule has 2 aromatic carbocycles. The Hall–Kier alpha value is -3.15. The van der Waals surface area contributed by atoms with Crippen molar-refractivity contribution in [1.29, 1.82) is 0 Å². The lowest BCUT2D eigenvalue weighted by Crippen LogP contribution is -2.40. The highest BCUT2D eigenvalue weighted by Gasteiger charge is 2.23. The van der Waals surface area contributed by atoms with Crippen LogP contribution in [0.2, 0.25) is 0 Å². The summed E-state index contributed by atoms with van der Waals surface area (Å²) in [5.74, 6) is 1.22. The van der Waals surface area contributed by atoms with Crippen LogP contribution < -0.4 is 5.32 Å². The maximum atomic E-state index is 13.2. The molecule has 0 unspecified atom stereocenters. The molecule has 0 spiro atoms. The quantitative estimate of drug-likeness (QED) is 0.377. The zero-order valence-electron chi connectivity index (χ0n) is 21.8. The number of nitrogens with one attached hydrogen (secondary N) is 1. The number of fused-ring (bicyclic) bond motifs is 1. The minimum Gasteiger partial charge on any atom is -0.356 e. The van der Waals surface area contributed by atoms with Crippen LogP contribution in [0.4, 0.5) is 0 Å². The predicted octanol–water partition coefficient (Wildman–Crippen LogP) is 5.21. The summed E-state index contributed by atoms with van der Waals surface area (Å²) in [6.07, 6.45) is 10.1. The van der Waals surface area contributed by atoms with Gasteiger partial charge in [0.05, 0.1) is 17.5 Å². The van der Waals surface area contributed by atoms with E-state index in [-0.39, 0.29) is 11.8 Å². The molecule has 0 aliphatic heterocycles. The van der Waals surface area contributed by atoms with Crippen LogP contribution in [0.1, 0.15) is 68.3 Å². The Kier molecular flexibility index (Phi) is 9.15. The molecule has 6 heteroatoms. The van der Waals surface area contributed by atoms with Crippen molar-refractivity contribution in [2.75, 3.05) is 13.6 Å². The molecular formula is C30H40N4O2. The molecular weight excluding hydrogens is 448 g/mol. The van der Waals surface area contributed by atoms with Gasteiger partial charge in [0.25, 0.3) is 0 Å². The summed E-state index contributed by atoms with van der Waals surface area (Å²) in [6.45, 7) is 3.07. The Morgan fingerprint density at radius 2 is 1.75 bits per heavy atom. The third-order valence-corrected chi connectivity index (χ3v) is 7.55. The fourth-order valence-electron chi connectivity index (χ4n) is 5.27. The average Bonchev–Trinajstić information content (AvgIpc) is 3.24. The number of hydrogen-bond donors (Lipinski definition) is 1. The van der Waals surface area contributed by atoms with Crippen LogP contribution in [0.5, 0.6) is 0 Å². The predicted molar refractivity (Wildman–Crippen MR) is 145 cm³/mol. The van der Waals surface area contributed by atoms with Crippen molar-refractivity contribution in [2.45, 2.75) is 83.7 Å². The van der Waals surface area contributed by atoms with E-state index in [1.54, 1.807) is 0 Å². The van der Waals surface area contributed by atoms with Gasteiger partial charge in [0.1, 0.15) is 12.4 Å². The Labute approximate surface area is 215 Å². The SMILES string of the molecule is Cc1ccccc1CC(=O)NCCCCCc1nc2ccccc2n1CC(=O)N(C)C1CCCCC1. The fourth-order valence-corrected chi connectivity index (χ4v) is 5.27. The first-order valence-corrected chi connectivity index (χ1v) is 13.5. The van der Waals surface area contributed by atoms with Crippen LogP contribution in [-0.2, 0) is 29.0 Å². The van der Waals surface area contributed by atoms with Crippen molar-refractivity contribution in [2.24, 2.45) is 0 Å². The Bertz CT molecular complexity index is 1160. The molecule has 0 bridgehead atoms. The van der Waals surface area contributed by atoms with E-state index in [0.29, 0.717) is 25.6 Å². The lowest BCUT2D eigenvalue weighted by molar-refractivity contribution is -0.133. The molecule has 36 heavy (non-hydrogen) atoms. The highest BCUT2D eigenvalue weighted by molar-refractivity contribution is 5.81. The van der Waals surface area contributed by atoms with E-state index in [4.69, 9.17) is 4.98 Å². The highest BCUT2D eigenvalue weighted by atomic mass is 16.2. The largest absolute Gasteiger partial charge is 0.356 e. The summed E-state index contributed by atoms with van der Waals surface area (Å²) in [4.78, 5) is 32.3. The molecule has 2 amide bonds. The number of unbranched alkanes of at least 4 members (excludes halogenated alkanes) is 2. The van der Waals surface area contributed by atoms with Crippen LogP contribution in [0.25, 0.3) is 11.0 Å². The molecule has 4 rings (SSSR count). The second-order valence-corrected chi connectivity index (χ2v) is 10.2. The summed E-state index contributed by atoms with van der Waals surface area (Å²) in [5.41, 5.74) is 4.21. The van der Waals surface area contributed by atoms with Crippen molar-refractivity contribution in [3.05, 3.63) is 65.5 Å². The molecule has 1 aromatic heterocycles. The zero-order valence-corrected chi connectivity index (χ0v) is 21.8. The van der Waals surface area contributed by atoms with Gasteiger partial charge in [-0.2, -0.15) is 0 Å². The maximum absolute atomic E-state index is 13.2. The van der Waals surface area contributed by atoms with Gasteiger partial charge in [-0.05, 0) is 55.9 Å². The van der Waals surface area contributed by atoms with Gasteiger partial charge in [-0.1, -0.05) is 62.1 Å². The number of nitrogens with zero attached hydrogens (tertiary/aromatic N) is 3. The van der Waals surface area contributed by atoms with Gasteiger partial charge in [0.15, 0.2) is 0 Å². The molecule has 0 atom stereocenters. The van der Waals surface area contributed by atoms with E-state index in [1.807, 2.05) is 61.3 Å². The van der Waals surface area contributed by atoms with E-state index in [9.17, 15) is 9.59 Å². The van der Waals surface area contributed by atoms with Crippen molar-refractivity contribution in [1.82, 2.24) is 19.8 Å². The highest BCUT2D eigenvalue weighted by Crippen LogP contribution is 2.23. The average molecular weight is 489 g/mol. The van der Waals surface area contributed by atoms with E-state index in [1.165, 1.54) is 19.3 Å². The molecule has 0 saturated heterocycles. The molecule has 1 aliphatic rings. The first-order chi connectivity index (χ1) is 17.5. The van der Waals surface area contributed by atoms with E-state index in [0.717, 1.165) is 66.5 Å². The van der Waals surface area contributed by atoms with E-state index < -0.39 is 0 Å². The first-order valence-electron chi connectivity index (χ1n) is 13.5. The standard InChI is InChI=1S/C30H40N4O2/c1-23-13-8-9-14-24(23)21-29(35)31-20-12-4-7-19-28-32-26-17-10-11-18-27(26)34(28)22-30(36)33(2)25-15-5-3-6-16-25/h8-11,13-14,17-18,25H,3-7,12,15-16,19-22H2,1-2H3,(H,31,35). The summed E-state index contributed by atoms with van der Waals surface area (Å²) in [6, 6.07) is 16.5. The fraction of sp³-hybridized carbons (Fsp3) is 0.500. The molecule has 3 aromatic rings. The van der Waals surface area contributed by atoms with Crippen LogP contribution in [0.3, 0.4) is 0 Å². The third-order valence-electron chi connectivity index (χ3n) is 7.55. The molecule has 6 nitrogen and oxygen atoms in total. The number of likely N-dealkylation sites (N-methyl/N-ethyl adjacent to an activating group) is 1. The van der Waals surface area contributed by atoms with Crippen LogP contribution in [0.15, 0.2) is 48.5 Å². The number of imidazole rings is 1. The Balaban J connectivity index is 1.27. The molecule has 192 valence electrons. The van der Waals surface area contributed by atoms with E-state index in [2.05, 4.69) is 16.0 Å². The van der Waals surface area contributed by atoms with Crippen molar-refractivity contribution in [3.8, 4) is 0 Å². The topological polar surface area (TPSA) is 67.2 Å². The Morgan fingerprint density at radius 1 is 1.00 bits per heavy atom. The smallest absolute Gasteiger partial charge is 0.242 e.